The SMILES string of the molecule is C1CC(CPC2CCCC2)C1. The van der Waals surface area contributed by atoms with Gasteiger partial charge in [0.15, 0.2) is 0 Å². The van der Waals surface area contributed by atoms with Crippen LogP contribution in [0.5, 0.6) is 0 Å². The van der Waals surface area contributed by atoms with Gasteiger partial charge in [0.05, 0.1) is 0 Å². The summed E-state index contributed by atoms with van der Waals surface area (Å²) in [5, 5.41) is 0. The zero-order chi connectivity index (χ0) is 7.52. The Balaban J connectivity index is 1.57. The number of hydrogen-bond acceptors (Lipinski definition) is 0. The first kappa shape index (κ1) is 8.05. The Hall–Kier alpha value is 0.430. The summed E-state index contributed by atoms with van der Waals surface area (Å²) in [6.45, 7) is 0. The fourth-order valence-corrected chi connectivity index (χ4v) is 4.05. The molecule has 1 atom stereocenters. The van der Waals surface area contributed by atoms with Gasteiger partial charge in [-0.25, -0.2) is 0 Å². The maximum atomic E-state index is 1.59. The van der Waals surface area contributed by atoms with Crippen LogP contribution in [0.1, 0.15) is 44.9 Å². The van der Waals surface area contributed by atoms with Crippen LogP contribution in [0, 0.1) is 5.92 Å². The Morgan fingerprint density at radius 3 is 2.18 bits per heavy atom. The highest BCUT2D eigenvalue weighted by atomic mass is 31.1. The van der Waals surface area contributed by atoms with Gasteiger partial charge in [0.2, 0.25) is 0 Å². The molecule has 0 N–H and O–H groups in total. The molecule has 0 aromatic heterocycles. The van der Waals surface area contributed by atoms with E-state index in [4.69, 9.17) is 0 Å². The lowest BCUT2D eigenvalue weighted by Gasteiger charge is -2.26. The Bertz CT molecular complexity index is 112. The van der Waals surface area contributed by atoms with Gasteiger partial charge in [-0.3, -0.25) is 0 Å². The van der Waals surface area contributed by atoms with Crippen molar-refractivity contribution in [1.82, 2.24) is 0 Å². The van der Waals surface area contributed by atoms with Crippen molar-refractivity contribution in [3.63, 3.8) is 0 Å². The van der Waals surface area contributed by atoms with Crippen molar-refractivity contribution in [3.05, 3.63) is 0 Å². The summed E-state index contributed by atoms with van der Waals surface area (Å²) >= 11 is 0. The van der Waals surface area contributed by atoms with Crippen LogP contribution in [0.25, 0.3) is 0 Å². The highest BCUT2D eigenvalue weighted by Crippen LogP contribution is 2.39. The van der Waals surface area contributed by atoms with Crippen LogP contribution in [0.2, 0.25) is 0 Å². The van der Waals surface area contributed by atoms with E-state index in [9.17, 15) is 0 Å². The maximum Gasteiger partial charge on any atom is -0.0237 e. The lowest BCUT2D eigenvalue weighted by molar-refractivity contribution is 0.351. The Morgan fingerprint density at radius 1 is 0.909 bits per heavy atom. The smallest absolute Gasteiger partial charge is 0.0237 e. The Morgan fingerprint density at radius 2 is 1.64 bits per heavy atom. The average Bonchev–Trinajstić information content (AvgIpc) is 2.36. The summed E-state index contributed by atoms with van der Waals surface area (Å²) in [5.74, 6) is 1.16. The second-order valence-corrected chi connectivity index (χ2v) is 5.82. The highest BCUT2D eigenvalue weighted by molar-refractivity contribution is 7.38. The molecule has 0 spiro atoms. The first-order valence-corrected chi connectivity index (χ1v) is 6.47. The van der Waals surface area contributed by atoms with Gasteiger partial charge < -0.3 is 0 Å². The summed E-state index contributed by atoms with van der Waals surface area (Å²) in [6, 6.07) is 0. The zero-order valence-corrected chi connectivity index (χ0v) is 8.31. The van der Waals surface area contributed by atoms with Crippen LogP contribution in [-0.4, -0.2) is 11.8 Å². The molecule has 1 unspecified atom stereocenters. The number of hydrogen-bond donors (Lipinski definition) is 0. The molecule has 2 saturated carbocycles. The van der Waals surface area contributed by atoms with Gasteiger partial charge in [-0.2, -0.15) is 0 Å². The summed E-state index contributed by atoms with van der Waals surface area (Å²) in [6.07, 6.45) is 12.4. The summed E-state index contributed by atoms with van der Waals surface area (Å²) < 4.78 is 0. The van der Waals surface area contributed by atoms with E-state index in [0.29, 0.717) is 0 Å². The first-order valence-electron chi connectivity index (χ1n) is 5.18. The molecule has 0 aromatic rings. The van der Waals surface area contributed by atoms with Gasteiger partial charge in [0.1, 0.15) is 0 Å². The third kappa shape index (κ3) is 2.18. The fraction of sp³-hybridized carbons (Fsp3) is 1.00. The minimum Gasteiger partial charge on any atom is -0.119 e. The van der Waals surface area contributed by atoms with Crippen molar-refractivity contribution in [2.75, 3.05) is 6.16 Å². The van der Waals surface area contributed by atoms with Crippen molar-refractivity contribution >= 4 is 8.58 Å². The van der Waals surface area contributed by atoms with Crippen LogP contribution in [-0.2, 0) is 0 Å². The van der Waals surface area contributed by atoms with E-state index in [2.05, 4.69) is 0 Å². The van der Waals surface area contributed by atoms with Gasteiger partial charge >= 0.3 is 0 Å². The summed E-state index contributed by atoms with van der Waals surface area (Å²) in [4.78, 5) is 0. The largest absolute Gasteiger partial charge is 0.119 e. The molecule has 0 amide bonds. The zero-order valence-electron chi connectivity index (χ0n) is 7.31. The molecule has 0 heterocycles. The monoisotopic (exact) mass is 170 g/mol. The molecule has 0 nitrogen and oxygen atoms in total. The van der Waals surface area contributed by atoms with Crippen LogP contribution in [0.4, 0.5) is 0 Å². The fourth-order valence-electron chi connectivity index (χ4n) is 2.16. The van der Waals surface area contributed by atoms with Crippen molar-refractivity contribution in [2.24, 2.45) is 5.92 Å². The van der Waals surface area contributed by atoms with E-state index >= 15 is 0 Å². The quantitative estimate of drug-likeness (QED) is 0.569. The topological polar surface area (TPSA) is 0 Å². The maximum absolute atomic E-state index is 1.59. The first-order chi connectivity index (χ1) is 5.45. The molecule has 64 valence electrons. The van der Waals surface area contributed by atoms with E-state index in [-0.39, 0.29) is 0 Å². The molecule has 0 aliphatic heterocycles. The van der Waals surface area contributed by atoms with Crippen molar-refractivity contribution in [1.29, 1.82) is 0 Å². The molecule has 2 aliphatic carbocycles. The van der Waals surface area contributed by atoms with Gasteiger partial charge in [0.25, 0.3) is 0 Å². The Labute approximate surface area is 71.9 Å². The highest BCUT2D eigenvalue weighted by Gasteiger charge is 2.20. The standard InChI is InChI=1S/C10H19P/c1-2-7-10(6-1)11-8-9-4-3-5-9/h9-11H,1-8H2. The predicted molar refractivity (Wildman–Crippen MR) is 52.8 cm³/mol. The molecule has 0 bridgehead atoms. The van der Waals surface area contributed by atoms with Crippen molar-refractivity contribution in [2.45, 2.75) is 50.6 Å². The minimum atomic E-state index is 1.16. The number of rotatable bonds is 3. The van der Waals surface area contributed by atoms with Gasteiger partial charge in [-0.1, -0.05) is 32.1 Å². The van der Waals surface area contributed by atoms with Crippen LogP contribution in [0.3, 0.4) is 0 Å². The van der Waals surface area contributed by atoms with Gasteiger partial charge in [0, 0.05) is 0 Å². The third-order valence-corrected chi connectivity index (χ3v) is 5.24. The molecule has 2 fully saturated rings. The van der Waals surface area contributed by atoms with Gasteiger partial charge in [-0.05, 0) is 30.6 Å². The molecule has 1 heteroatoms. The van der Waals surface area contributed by atoms with Crippen LogP contribution in [0.15, 0.2) is 0 Å². The second kappa shape index (κ2) is 3.90. The van der Waals surface area contributed by atoms with Gasteiger partial charge in [-0.15, -0.1) is 8.58 Å². The molecule has 0 aromatic carbocycles. The summed E-state index contributed by atoms with van der Waals surface area (Å²) in [7, 11) is 1.32. The molecular weight excluding hydrogens is 151 g/mol. The average molecular weight is 170 g/mol. The molecule has 11 heavy (non-hydrogen) atoms. The molecule has 2 aliphatic rings. The molecule has 0 radical (unpaired) electrons. The lowest BCUT2D eigenvalue weighted by Crippen LogP contribution is -2.13. The van der Waals surface area contributed by atoms with E-state index < -0.39 is 0 Å². The van der Waals surface area contributed by atoms with E-state index in [1.165, 1.54) is 27.8 Å². The molecular formula is C10H19P. The Kier molecular flexibility index (Phi) is 2.85. The van der Waals surface area contributed by atoms with E-state index in [1.807, 2.05) is 0 Å². The second-order valence-electron chi connectivity index (χ2n) is 4.19. The normalized spacial score (nSPS) is 28.4. The molecule has 0 saturated heterocycles. The third-order valence-electron chi connectivity index (χ3n) is 3.28. The predicted octanol–water partition coefficient (Wildman–Crippen LogP) is 3.41. The molecule has 2 rings (SSSR count). The van der Waals surface area contributed by atoms with E-state index in [0.717, 1.165) is 11.6 Å². The van der Waals surface area contributed by atoms with Crippen molar-refractivity contribution in [3.8, 4) is 0 Å². The minimum absolute atomic E-state index is 1.16. The van der Waals surface area contributed by atoms with Crippen LogP contribution < -0.4 is 0 Å². The van der Waals surface area contributed by atoms with E-state index in [1.54, 1.807) is 31.8 Å². The van der Waals surface area contributed by atoms with Crippen molar-refractivity contribution < 1.29 is 0 Å². The summed E-state index contributed by atoms with van der Waals surface area (Å²) in [5.41, 5.74) is 1.16. The van der Waals surface area contributed by atoms with Crippen LogP contribution >= 0.6 is 8.58 Å². The lowest BCUT2D eigenvalue weighted by atomic mass is 9.87.